The Balaban J connectivity index is 1.39. The first kappa shape index (κ1) is 31.1. The van der Waals surface area contributed by atoms with Crippen molar-refractivity contribution in [1.29, 1.82) is 5.26 Å². The van der Waals surface area contributed by atoms with Crippen LogP contribution in [0, 0.1) is 23.2 Å². The number of rotatable bonds is 7. The lowest BCUT2D eigenvalue weighted by Gasteiger charge is -2.29. The van der Waals surface area contributed by atoms with Gasteiger partial charge in [-0.2, -0.15) is 5.26 Å². The molecule has 10 nitrogen and oxygen atoms in total. The lowest BCUT2D eigenvalue weighted by Crippen LogP contribution is -2.39. The van der Waals surface area contributed by atoms with Crippen molar-refractivity contribution >= 4 is 57.7 Å². The van der Waals surface area contributed by atoms with E-state index in [2.05, 4.69) is 16.7 Å². The summed E-state index contributed by atoms with van der Waals surface area (Å²) >= 11 is 2.59. The Bertz CT molecular complexity index is 1450. The predicted molar refractivity (Wildman–Crippen MR) is 161 cm³/mol. The summed E-state index contributed by atoms with van der Waals surface area (Å²) in [4.78, 5) is 53.3. The summed E-state index contributed by atoms with van der Waals surface area (Å²) < 4.78 is 5.49. The number of carboxylic acid groups (broad SMARTS) is 1. The van der Waals surface area contributed by atoms with Crippen LogP contribution in [0.2, 0.25) is 0 Å². The molecule has 3 amide bonds. The maximum atomic E-state index is 13.1. The minimum Gasteiger partial charge on any atom is -0.481 e. The molecule has 2 aromatic rings. The van der Waals surface area contributed by atoms with E-state index >= 15 is 0 Å². The number of anilines is 2. The van der Waals surface area contributed by atoms with Crippen molar-refractivity contribution in [1.82, 2.24) is 4.90 Å². The molecule has 0 bridgehead atoms. The minimum atomic E-state index is -0.991. The largest absolute Gasteiger partial charge is 0.481 e. The highest BCUT2D eigenvalue weighted by Crippen LogP contribution is 2.38. The van der Waals surface area contributed by atoms with Crippen LogP contribution >= 0.6 is 23.1 Å². The Hall–Kier alpha value is -3.82. The van der Waals surface area contributed by atoms with Gasteiger partial charge >= 0.3 is 12.1 Å². The van der Waals surface area contributed by atoms with Crippen molar-refractivity contribution < 1.29 is 29.0 Å². The van der Waals surface area contributed by atoms with Gasteiger partial charge in [0.15, 0.2) is 0 Å². The summed E-state index contributed by atoms with van der Waals surface area (Å²) in [5.41, 5.74) is 1.17. The van der Waals surface area contributed by atoms with E-state index in [0.717, 1.165) is 15.3 Å². The molecule has 0 fully saturated rings. The summed E-state index contributed by atoms with van der Waals surface area (Å²) in [6, 6.07) is 9.26. The molecule has 4 rings (SSSR count). The van der Waals surface area contributed by atoms with Gasteiger partial charge in [0.2, 0.25) is 11.8 Å². The number of aliphatic carboxylic acids is 1. The first-order valence-corrected chi connectivity index (χ1v) is 15.3. The molecular weight excluding hydrogens is 576 g/mol. The fourth-order valence-corrected chi connectivity index (χ4v) is 6.97. The number of nitriles is 1. The molecule has 1 aromatic carbocycles. The Labute approximate surface area is 253 Å². The maximum Gasteiger partial charge on any atom is 0.410 e. The number of benzene rings is 1. The van der Waals surface area contributed by atoms with Crippen molar-refractivity contribution in [3.05, 3.63) is 52.4 Å². The SMILES string of the molecule is CC(Sc1cccc(NC(=O)C2CC=CCC2C(=O)O)c1)C(=O)Nc1sc2c(c1C#N)CCN(C(=O)OC(C)(C)C)C2. The molecule has 12 heteroatoms. The molecule has 2 heterocycles. The highest BCUT2D eigenvalue weighted by atomic mass is 32.2. The Kier molecular flexibility index (Phi) is 9.64. The van der Waals surface area contributed by atoms with E-state index in [-0.39, 0.29) is 11.8 Å². The number of nitrogens with zero attached hydrogens (tertiary/aromatic N) is 2. The van der Waals surface area contributed by atoms with Crippen LogP contribution in [0.5, 0.6) is 0 Å². The van der Waals surface area contributed by atoms with Crippen molar-refractivity contribution in [2.45, 2.75) is 69.2 Å². The average Bonchev–Trinajstić information content (AvgIpc) is 3.28. The van der Waals surface area contributed by atoms with E-state index in [0.29, 0.717) is 48.6 Å². The Morgan fingerprint density at radius 1 is 1.17 bits per heavy atom. The number of carbonyl (C=O) groups excluding carboxylic acids is 3. The van der Waals surface area contributed by atoms with Crippen molar-refractivity contribution in [2.75, 3.05) is 17.2 Å². The highest BCUT2D eigenvalue weighted by molar-refractivity contribution is 8.00. The second kappa shape index (κ2) is 13.0. The van der Waals surface area contributed by atoms with Crippen LogP contribution in [-0.2, 0) is 32.1 Å². The number of carbonyl (C=O) groups is 4. The van der Waals surface area contributed by atoms with Crippen molar-refractivity contribution in [3.8, 4) is 6.07 Å². The summed E-state index contributed by atoms with van der Waals surface area (Å²) in [7, 11) is 0. The van der Waals surface area contributed by atoms with E-state index in [4.69, 9.17) is 4.74 Å². The number of thiophene rings is 1. The molecule has 2 aliphatic rings. The highest BCUT2D eigenvalue weighted by Gasteiger charge is 2.34. The third kappa shape index (κ3) is 7.52. The van der Waals surface area contributed by atoms with Gasteiger partial charge in [0.1, 0.15) is 16.7 Å². The van der Waals surface area contributed by atoms with E-state index in [1.165, 1.54) is 23.1 Å². The Morgan fingerprint density at radius 3 is 2.55 bits per heavy atom. The first-order chi connectivity index (χ1) is 19.9. The van der Waals surface area contributed by atoms with Crippen LogP contribution in [0.3, 0.4) is 0 Å². The number of fused-ring (bicyclic) bond motifs is 1. The number of ether oxygens (including phenoxy) is 1. The topological polar surface area (TPSA) is 149 Å². The second-order valence-corrected chi connectivity index (χ2v) is 13.8. The van der Waals surface area contributed by atoms with Crippen LogP contribution in [0.1, 0.15) is 56.5 Å². The van der Waals surface area contributed by atoms with Gasteiger partial charge in [-0.05, 0) is 70.7 Å². The fourth-order valence-electron chi connectivity index (χ4n) is 4.82. The molecule has 0 spiro atoms. The number of allylic oxidation sites excluding steroid dienone is 2. The van der Waals surface area contributed by atoms with Crippen LogP contribution in [0.4, 0.5) is 15.5 Å². The number of hydrogen-bond donors (Lipinski definition) is 3. The van der Waals surface area contributed by atoms with Gasteiger partial charge in [-0.1, -0.05) is 18.2 Å². The van der Waals surface area contributed by atoms with E-state index < -0.39 is 34.7 Å². The van der Waals surface area contributed by atoms with Crippen molar-refractivity contribution in [3.63, 3.8) is 0 Å². The lowest BCUT2D eigenvalue weighted by atomic mass is 9.82. The lowest BCUT2D eigenvalue weighted by molar-refractivity contribution is -0.146. The van der Waals surface area contributed by atoms with E-state index in [9.17, 15) is 29.5 Å². The molecule has 3 N–H and O–H groups in total. The van der Waals surface area contributed by atoms with Crippen LogP contribution in [-0.4, -0.2) is 51.3 Å². The molecule has 1 aromatic heterocycles. The van der Waals surface area contributed by atoms with Crippen molar-refractivity contribution in [2.24, 2.45) is 11.8 Å². The summed E-state index contributed by atoms with van der Waals surface area (Å²) in [5, 5.41) is 25.0. The maximum absolute atomic E-state index is 13.1. The van der Waals surface area contributed by atoms with Gasteiger partial charge in [-0.3, -0.25) is 14.4 Å². The van der Waals surface area contributed by atoms with Gasteiger partial charge < -0.3 is 25.4 Å². The van der Waals surface area contributed by atoms with Crippen LogP contribution in [0.25, 0.3) is 0 Å². The molecular formula is C30H34N4O6S2. The Morgan fingerprint density at radius 2 is 1.88 bits per heavy atom. The smallest absolute Gasteiger partial charge is 0.410 e. The molecule has 3 unspecified atom stereocenters. The molecule has 3 atom stereocenters. The van der Waals surface area contributed by atoms with Gasteiger partial charge in [-0.25, -0.2) is 4.79 Å². The molecule has 0 saturated carbocycles. The van der Waals surface area contributed by atoms with Gasteiger partial charge in [0, 0.05) is 22.0 Å². The minimum absolute atomic E-state index is 0.285. The molecule has 0 radical (unpaired) electrons. The zero-order valence-electron chi connectivity index (χ0n) is 23.9. The summed E-state index contributed by atoms with van der Waals surface area (Å²) in [6.45, 7) is 7.92. The molecule has 42 heavy (non-hydrogen) atoms. The number of hydrogen-bond acceptors (Lipinski definition) is 8. The second-order valence-electron chi connectivity index (χ2n) is 11.2. The number of amides is 3. The zero-order chi connectivity index (χ0) is 30.6. The summed E-state index contributed by atoms with van der Waals surface area (Å²) in [6.07, 6.45) is 4.39. The van der Waals surface area contributed by atoms with Crippen LogP contribution in [0.15, 0.2) is 41.3 Å². The number of carboxylic acids is 1. The molecule has 1 aliphatic carbocycles. The van der Waals surface area contributed by atoms with Gasteiger partial charge in [0.25, 0.3) is 0 Å². The monoisotopic (exact) mass is 610 g/mol. The zero-order valence-corrected chi connectivity index (χ0v) is 25.6. The van der Waals surface area contributed by atoms with Gasteiger partial charge in [0.05, 0.1) is 29.2 Å². The first-order valence-electron chi connectivity index (χ1n) is 13.6. The van der Waals surface area contributed by atoms with E-state index in [1.807, 2.05) is 32.9 Å². The fraction of sp³-hybridized carbons (Fsp3) is 0.433. The standard InChI is InChI=1S/C30H34N4O6S2/c1-17(41-19-9-7-8-18(14-19)32-26(36)21-10-5-6-11-22(21)28(37)38)25(35)33-27-23(15-31)20-12-13-34(16-24(20)42-27)29(39)40-30(2,3)4/h5-9,14,17,21-22H,10-13,16H2,1-4H3,(H,32,36)(H,33,35)(H,37,38). The van der Waals surface area contributed by atoms with E-state index in [1.54, 1.807) is 36.1 Å². The normalized spacial score (nSPS) is 18.8. The third-order valence-corrected chi connectivity index (χ3v) is 9.15. The number of thioether (sulfide) groups is 1. The quantitative estimate of drug-likeness (QED) is 0.270. The van der Waals surface area contributed by atoms with Gasteiger partial charge in [-0.15, -0.1) is 23.1 Å². The summed E-state index contributed by atoms with van der Waals surface area (Å²) in [5.74, 6) is -3.05. The number of nitrogens with one attached hydrogen (secondary N) is 2. The predicted octanol–water partition coefficient (Wildman–Crippen LogP) is 5.64. The molecule has 222 valence electrons. The van der Waals surface area contributed by atoms with Crippen LogP contribution < -0.4 is 10.6 Å². The third-order valence-electron chi connectivity index (χ3n) is 6.93. The molecule has 1 aliphatic heterocycles. The average molecular weight is 611 g/mol. The molecule has 0 saturated heterocycles.